The highest BCUT2D eigenvalue weighted by atomic mass is 127. The first-order valence-electron chi connectivity index (χ1n) is 3.35. The lowest BCUT2D eigenvalue weighted by molar-refractivity contribution is -0.387. The third-order valence-corrected chi connectivity index (χ3v) is 3.05. The zero-order valence-electron chi connectivity index (χ0n) is 6.88. The van der Waals surface area contributed by atoms with Gasteiger partial charge in [0, 0.05) is 6.07 Å². The molecule has 1 rings (SSSR count). The van der Waals surface area contributed by atoms with Gasteiger partial charge in [0.1, 0.15) is 5.75 Å². The Morgan fingerprint density at radius 1 is 1.71 bits per heavy atom. The minimum Gasteiger partial charge on any atom is -0.494 e. The number of hydrogen-bond acceptors (Lipinski definition) is 3. The van der Waals surface area contributed by atoms with E-state index in [0.717, 1.165) is 6.07 Å². The minimum absolute atomic E-state index is 0.0891. The first-order chi connectivity index (χ1) is 6.49. The molecule has 0 spiro atoms. The fourth-order valence-electron chi connectivity index (χ4n) is 0.886. The van der Waals surface area contributed by atoms with Gasteiger partial charge in [-0.15, -0.1) is 0 Å². The number of rotatable bonds is 2. The van der Waals surface area contributed by atoms with Crippen molar-refractivity contribution in [2.24, 2.45) is 0 Å². The second-order valence-corrected chi connectivity index (χ2v) is 4.23. The molecule has 0 aromatic heterocycles. The molecule has 0 aliphatic rings. The minimum atomic E-state index is -0.879. The van der Waals surface area contributed by atoms with Gasteiger partial charge in [0.25, 0.3) is 0 Å². The Bertz CT molecular complexity index is 399. The summed E-state index contributed by atoms with van der Waals surface area (Å²) in [6.45, 7) is 0. The van der Waals surface area contributed by atoms with Crippen LogP contribution >= 0.6 is 38.5 Å². The predicted molar refractivity (Wildman–Crippen MR) is 60.0 cm³/mol. The summed E-state index contributed by atoms with van der Waals surface area (Å²) in [5.74, 6) is -0.621. The van der Waals surface area contributed by atoms with Crippen LogP contribution in [0.1, 0.15) is 0 Å². The summed E-state index contributed by atoms with van der Waals surface area (Å²) >= 11 is 4.71. The molecule has 0 unspecified atom stereocenters. The number of halogens is 3. The molecule has 0 radical (unpaired) electrons. The molecule has 0 saturated carbocycles. The van der Waals surface area contributed by atoms with E-state index < -0.39 is 16.4 Å². The summed E-state index contributed by atoms with van der Waals surface area (Å²) in [4.78, 5) is 9.65. The van der Waals surface area contributed by atoms with Gasteiger partial charge in [-0.05, 0) is 38.5 Å². The molecule has 0 N–H and O–H groups in total. The van der Waals surface area contributed by atoms with Crippen LogP contribution in [0.5, 0.6) is 5.75 Å². The Morgan fingerprint density at radius 2 is 2.29 bits per heavy atom. The Labute approximate surface area is 101 Å². The number of methoxy groups -OCH3 is 1. The average molecular weight is 376 g/mol. The van der Waals surface area contributed by atoms with Crippen LogP contribution in [0.4, 0.5) is 10.1 Å². The maximum atomic E-state index is 13.3. The molecular weight excluding hydrogens is 372 g/mol. The largest absolute Gasteiger partial charge is 0.494 e. The second-order valence-electron chi connectivity index (χ2n) is 2.30. The highest BCUT2D eigenvalue weighted by Crippen LogP contribution is 2.37. The maximum absolute atomic E-state index is 13.3. The third-order valence-electron chi connectivity index (χ3n) is 1.50. The van der Waals surface area contributed by atoms with E-state index in [-0.39, 0.29) is 9.32 Å². The second kappa shape index (κ2) is 4.39. The van der Waals surface area contributed by atoms with Crippen LogP contribution in [0.15, 0.2) is 10.5 Å². The Morgan fingerprint density at radius 3 is 2.71 bits per heavy atom. The van der Waals surface area contributed by atoms with Crippen LogP contribution in [0.25, 0.3) is 0 Å². The summed E-state index contributed by atoms with van der Waals surface area (Å²) in [7, 11) is 1.37. The van der Waals surface area contributed by atoms with Crippen molar-refractivity contribution in [3.63, 3.8) is 0 Å². The number of nitro benzene ring substituents is 1. The lowest BCUT2D eigenvalue weighted by Crippen LogP contribution is -1.98. The lowest BCUT2D eigenvalue weighted by atomic mass is 10.3. The van der Waals surface area contributed by atoms with Crippen molar-refractivity contribution in [3.8, 4) is 5.75 Å². The van der Waals surface area contributed by atoms with Crippen LogP contribution in [-0.2, 0) is 0 Å². The van der Waals surface area contributed by atoms with E-state index in [4.69, 9.17) is 4.74 Å². The molecule has 0 aliphatic carbocycles. The molecule has 76 valence electrons. The van der Waals surface area contributed by atoms with E-state index in [1.807, 2.05) is 0 Å². The normalized spacial score (nSPS) is 10.0. The van der Waals surface area contributed by atoms with E-state index in [1.165, 1.54) is 7.11 Å². The van der Waals surface area contributed by atoms with Crippen molar-refractivity contribution in [1.29, 1.82) is 0 Å². The molecule has 0 saturated heterocycles. The molecule has 7 heteroatoms. The average Bonchev–Trinajstić information content (AvgIpc) is 2.12. The van der Waals surface area contributed by atoms with Crippen LogP contribution in [-0.4, -0.2) is 12.0 Å². The van der Waals surface area contributed by atoms with Crippen molar-refractivity contribution in [2.45, 2.75) is 0 Å². The number of nitrogens with zero attached hydrogens (tertiary/aromatic N) is 1. The Hall–Kier alpha value is -0.440. The number of ether oxygens (including phenoxy) is 1. The smallest absolute Gasteiger partial charge is 0.307 e. The van der Waals surface area contributed by atoms with Crippen molar-refractivity contribution in [3.05, 3.63) is 30.0 Å². The Kier molecular flexibility index (Phi) is 3.65. The zero-order chi connectivity index (χ0) is 10.9. The molecule has 0 aliphatic heterocycles. The quantitative estimate of drug-likeness (QED) is 0.345. The van der Waals surface area contributed by atoms with Crippen molar-refractivity contribution >= 4 is 44.2 Å². The van der Waals surface area contributed by atoms with E-state index in [9.17, 15) is 14.5 Å². The van der Waals surface area contributed by atoms with Gasteiger partial charge < -0.3 is 4.74 Å². The molecule has 0 amide bonds. The SMILES string of the molecule is COc1c(Br)cc([N+](=O)[O-])c(F)c1I. The van der Waals surface area contributed by atoms with Crippen molar-refractivity contribution in [2.75, 3.05) is 7.11 Å². The molecule has 0 fully saturated rings. The van der Waals surface area contributed by atoms with Gasteiger partial charge in [-0.25, -0.2) is 0 Å². The Balaban J connectivity index is 3.47. The molecule has 4 nitrogen and oxygen atoms in total. The zero-order valence-corrected chi connectivity index (χ0v) is 10.6. The lowest BCUT2D eigenvalue weighted by Gasteiger charge is -2.06. The summed E-state index contributed by atoms with van der Waals surface area (Å²) in [6, 6.07) is 1.08. The van der Waals surface area contributed by atoms with E-state index in [1.54, 1.807) is 22.6 Å². The molecule has 1 aromatic carbocycles. The molecule has 14 heavy (non-hydrogen) atoms. The van der Waals surface area contributed by atoms with Gasteiger partial charge in [-0.1, -0.05) is 0 Å². The molecule has 1 aromatic rings. The van der Waals surface area contributed by atoms with Crippen LogP contribution < -0.4 is 4.74 Å². The van der Waals surface area contributed by atoms with Crippen LogP contribution in [0.2, 0.25) is 0 Å². The third kappa shape index (κ3) is 1.97. The number of nitro groups is 1. The summed E-state index contributed by atoms with van der Waals surface area (Å²) in [5.41, 5.74) is -0.568. The van der Waals surface area contributed by atoms with E-state index in [0.29, 0.717) is 4.47 Å². The fraction of sp³-hybridized carbons (Fsp3) is 0.143. The highest BCUT2D eigenvalue weighted by Gasteiger charge is 2.23. The fourth-order valence-corrected chi connectivity index (χ4v) is 2.62. The topological polar surface area (TPSA) is 52.4 Å². The van der Waals surface area contributed by atoms with Crippen LogP contribution in [0, 0.1) is 19.5 Å². The van der Waals surface area contributed by atoms with Gasteiger partial charge in [0.15, 0.2) is 0 Å². The first kappa shape index (κ1) is 11.6. The standard InChI is InChI=1S/C7H4BrFINO3/c1-14-7-3(8)2-4(11(12)13)5(9)6(7)10/h2H,1H3. The van der Waals surface area contributed by atoms with Crippen molar-refractivity contribution < 1.29 is 14.1 Å². The van der Waals surface area contributed by atoms with Crippen LogP contribution in [0.3, 0.4) is 0 Å². The van der Waals surface area contributed by atoms with Gasteiger partial charge in [-0.3, -0.25) is 10.1 Å². The molecule has 0 atom stereocenters. The summed E-state index contributed by atoms with van der Waals surface area (Å²) < 4.78 is 18.7. The van der Waals surface area contributed by atoms with Gasteiger partial charge >= 0.3 is 5.69 Å². The van der Waals surface area contributed by atoms with Gasteiger partial charge in [-0.2, -0.15) is 4.39 Å². The van der Waals surface area contributed by atoms with Gasteiger partial charge in [0.05, 0.1) is 20.1 Å². The molecule has 0 heterocycles. The number of benzene rings is 1. The number of hydrogen-bond donors (Lipinski definition) is 0. The summed E-state index contributed by atoms with van der Waals surface area (Å²) in [5, 5.41) is 10.4. The van der Waals surface area contributed by atoms with E-state index >= 15 is 0 Å². The maximum Gasteiger partial charge on any atom is 0.307 e. The predicted octanol–water partition coefficient (Wildman–Crippen LogP) is 3.11. The molecule has 0 bridgehead atoms. The highest BCUT2D eigenvalue weighted by molar-refractivity contribution is 14.1. The molecular formula is C7H4BrFINO3. The first-order valence-corrected chi connectivity index (χ1v) is 5.22. The van der Waals surface area contributed by atoms with Gasteiger partial charge in [0.2, 0.25) is 5.82 Å². The monoisotopic (exact) mass is 375 g/mol. The summed E-state index contributed by atoms with van der Waals surface area (Å²) in [6.07, 6.45) is 0. The van der Waals surface area contributed by atoms with E-state index in [2.05, 4.69) is 15.9 Å². The van der Waals surface area contributed by atoms with Crippen molar-refractivity contribution in [1.82, 2.24) is 0 Å².